The molecule has 0 bridgehead atoms. The van der Waals surface area contributed by atoms with E-state index < -0.39 is 36.7 Å². The van der Waals surface area contributed by atoms with Gasteiger partial charge in [0.25, 0.3) is 5.91 Å². The van der Waals surface area contributed by atoms with Gasteiger partial charge in [-0.25, -0.2) is 9.59 Å². The number of nitrogens with zero attached hydrogens (tertiary/aromatic N) is 4. The van der Waals surface area contributed by atoms with Gasteiger partial charge < -0.3 is 34.6 Å². The summed E-state index contributed by atoms with van der Waals surface area (Å²) in [5, 5.41) is 31.8. The summed E-state index contributed by atoms with van der Waals surface area (Å²) in [4.78, 5) is 42.9. The fraction of sp³-hybridized carbons (Fsp3) is 0.556. The highest BCUT2D eigenvalue weighted by Gasteiger charge is 2.34. The number of methoxy groups -OCH3 is 1. The maximum Gasteiger partial charge on any atom is 0.475 e. The molecule has 0 spiro atoms. The Morgan fingerprint density at radius 1 is 1.15 bits per heavy atom. The molecule has 2 fully saturated rings. The molecule has 2 atom stereocenters. The number of ether oxygens (including phenoxy) is 2. The predicted octanol–water partition coefficient (Wildman–Crippen LogP) is 0.939. The van der Waals surface area contributed by atoms with Gasteiger partial charge in [-0.3, -0.25) is 9.69 Å². The van der Waals surface area contributed by atoms with Crippen LogP contribution in [0.25, 0.3) is 0 Å². The Bertz CT molecular complexity index is 1100. The molecule has 12 nitrogen and oxygen atoms in total. The molecule has 0 aliphatic carbocycles. The summed E-state index contributed by atoms with van der Waals surface area (Å²) in [7, 11) is -0.441. The Morgan fingerprint density at radius 3 is 2.42 bits per heavy atom. The van der Waals surface area contributed by atoms with Crippen LogP contribution in [0, 0.1) is 11.3 Å². The van der Waals surface area contributed by atoms with E-state index >= 15 is 0 Å². The Labute approximate surface area is 235 Å². The first-order valence-corrected chi connectivity index (χ1v) is 13.4. The van der Waals surface area contributed by atoms with Crippen molar-refractivity contribution in [1.29, 1.82) is 5.26 Å². The molecular formula is C27H38BN5O7. The molecule has 0 radical (unpaired) electrons. The van der Waals surface area contributed by atoms with Crippen LogP contribution >= 0.6 is 0 Å². The highest BCUT2D eigenvalue weighted by atomic mass is 16.6. The van der Waals surface area contributed by atoms with Crippen molar-refractivity contribution in [2.75, 3.05) is 46.4 Å². The van der Waals surface area contributed by atoms with Crippen LogP contribution < -0.4 is 5.32 Å². The molecule has 2 aliphatic heterocycles. The van der Waals surface area contributed by atoms with E-state index in [0.717, 1.165) is 5.56 Å². The molecule has 216 valence electrons. The first kappa shape index (κ1) is 30.9. The van der Waals surface area contributed by atoms with Crippen molar-refractivity contribution >= 4 is 25.2 Å². The third-order valence-corrected chi connectivity index (χ3v) is 7.28. The van der Waals surface area contributed by atoms with Gasteiger partial charge in [-0.15, -0.1) is 0 Å². The van der Waals surface area contributed by atoms with Crippen molar-refractivity contribution in [3.05, 3.63) is 47.5 Å². The monoisotopic (exact) mass is 555 g/mol. The number of carbonyl (C=O) groups excluding carboxylic acids is 3. The van der Waals surface area contributed by atoms with Gasteiger partial charge >= 0.3 is 19.3 Å². The molecule has 3 N–H and O–H groups in total. The second-order valence-corrected chi connectivity index (χ2v) is 10.5. The number of hydrogen-bond donors (Lipinski definition) is 3. The lowest BCUT2D eigenvalue weighted by Crippen LogP contribution is -2.55. The van der Waals surface area contributed by atoms with Gasteiger partial charge in [0, 0.05) is 38.3 Å². The second-order valence-electron chi connectivity index (χ2n) is 10.5. The molecule has 1 aromatic rings. The third kappa shape index (κ3) is 8.45. The standard InChI is InChI=1S/C27H38BN5O7/c1-27(2,33-14-12-31(13-15-33)26(36)39-3)17-21(18-29)24(34)32-11-7-10-22(19-32)40-25(35)30-23(28(37)38)16-20-8-5-4-6-9-20/h4-6,8-9,17,22-23,37-38H,7,10-16,19H2,1-3H3,(H,30,35). The quantitative estimate of drug-likeness (QED) is 0.241. The molecule has 2 aliphatic rings. The minimum absolute atomic E-state index is 0.00294. The van der Waals surface area contributed by atoms with Crippen LogP contribution in [0.1, 0.15) is 32.3 Å². The molecule has 40 heavy (non-hydrogen) atoms. The summed E-state index contributed by atoms with van der Waals surface area (Å²) in [6.07, 6.45) is 1.17. The Kier molecular flexibility index (Phi) is 11.0. The number of nitriles is 1. The van der Waals surface area contributed by atoms with E-state index in [4.69, 9.17) is 9.47 Å². The zero-order valence-corrected chi connectivity index (χ0v) is 23.3. The number of alkyl carbamates (subject to hydrolysis) is 1. The minimum Gasteiger partial charge on any atom is -0.453 e. The van der Waals surface area contributed by atoms with E-state index in [1.54, 1.807) is 11.0 Å². The maximum absolute atomic E-state index is 13.3. The zero-order chi connectivity index (χ0) is 29.3. The summed E-state index contributed by atoms with van der Waals surface area (Å²) >= 11 is 0. The van der Waals surface area contributed by atoms with E-state index in [1.807, 2.05) is 50.2 Å². The number of amides is 3. The number of likely N-dealkylation sites (tertiary alicyclic amines) is 1. The summed E-state index contributed by atoms with van der Waals surface area (Å²) < 4.78 is 10.3. The lowest BCUT2D eigenvalue weighted by atomic mass is 9.76. The van der Waals surface area contributed by atoms with Gasteiger partial charge in [-0.05, 0) is 44.7 Å². The molecule has 0 saturated carbocycles. The maximum atomic E-state index is 13.3. The van der Waals surface area contributed by atoms with Crippen LogP contribution in [0.5, 0.6) is 0 Å². The van der Waals surface area contributed by atoms with Crippen LogP contribution in [0.2, 0.25) is 0 Å². The van der Waals surface area contributed by atoms with Crippen LogP contribution in [-0.2, 0) is 20.7 Å². The third-order valence-electron chi connectivity index (χ3n) is 7.28. The minimum atomic E-state index is -1.78. The summed E-state index contributed by atoms with van der Waals surface area (Å²) in [6.45, 7) is 6.46. The number of rotatable bonds is 8. The average molecular weight is 555 g/mol. The van der Waals surface area contributed by atoms with E-state index in [9.17, 15) is 29.7 Å². The highest BCUT2D eigenvalue weighted by Crippen LogP contribution is 2.23. The van der Waals surface area contributed by atoms with Crippen LogP contribution in [-0.4, -0.2) is 114 Å². The average Bonchev–Trinajstić information content (AvgIpc) is 2.95. The summed E-state index contributed by atoms with van der Waals surface area (Å²) in [5.74, 6) is -1.41. The molecule has 1 aromatic carbocycles. The largest absolute Gasteiger partial charge is 0.475 e. The van der Waals surface area contributed by atoms with Crippen molar-refractivity contribution in [2.24, 2.45) is 0 Å². The van der Waals surface area contributed by atoms with Crippen LogP contribution in [0.4, 0.5) is 9.59 Å². The van der Waals surface area contributed by atoms with Gasteiger partial charge in [0.15, 0.2) is 0 Å². The molecule has 2 unspecified atom stereocenters. The molecule has 3 rings (SSSR count). The fourth-order valence-corrected chi connectivity index (χ4v) is 5.01. The van der Waals surface area contributed by atoms with Gasteiger partial charge in [-0.1, -0.05) is 30.3 Å². The van der Waals surface area contributed by atoms with Crippen molar-refractivity contribution in [3.63, 3.8) is 0 Å². The molecular weight excluding hydrogens is 517 g/mol. The van der Waals surface area contributed by atoms with Crippen molar-refractivity contribution in [2.45, 2.75) is 50.7 Å². The Morgan fingerprint density at radius 2 is 1.82 bits per heavy atom. The first-order chi connectivity index (χ1) is 19.0. The van der Waals surface area contributed by atoms with Gasteiger partial charge in [-0.2, -0.15) is 5.26 Å². The SMILES string of the molecule is COC(=O)N1CCN(C(C)(C)C=C(C#N)C(=O)N2CCCC(OC(=O)NC(Cc3ccccc3)B(O)O)C2)CC1. The van der Waals surface area contributed by atoms with Gasteiger partial charge in [0.05, 0.1) is 19.6 Å². The van der Waals surface area contributed by atoms with E-state index in [2.05, 4.69) is 10.2 Å². The number of piperidine rings is 1. The number of carbonyl (C=O) groups is 3. The van der Waals surface area contributed by atoms with Gasteiger partial charge in [0.2, 0.25) is 0 Å². The number of nitrogens with one attached hydrogen (secondary N) is 1. The Balaban J connectivity index is 1.58. The summed E-state index contributed by atoms with van der Waals surface area (Å²) in [6, 6.07) is 11.1. The highest BCUT2D eigenvalue weighted by molar-refractivity contribution is 6.43. The van der Waals surface area contributed by atoms with Crippen LogP contribution in [0.3, 0.4) is 0 Å². The van der Waals surface area contributed by atoms with E-state index in [0.29, 0.717) is 45.6 Å². The van der Waals surface area contributed by atoms with Crippen LogP contribution in [0.15, 0.2) is 42.0 Å². The molecule has 2 saturated heterocycles. The molecule has 2 heterocycles. The molecule has 13 heteroatoms. The predicted molar refractivity (Wildman–Crippen MR) is 147 cm³/mol. The number of piperazine rings is 1. The number of benzene rings is 1. The molecule has 0 aromatic heterocycles. The first-order valence-electron chi connectivity index (χ1n) is 13.4. The summed E-state index contributed by atoms with van der Waals surface area (Å²) in [5.41, 5.74) is 0.198. The Hall–Kier alpha value is -3.60. The topological polar surface area (TPSA) is 156 Å². The number of hydrogen-bond acceptors (Lipinski definition) is 9. The van der Waals surface area contributed by atoms with Crippen molar-refractivity contribution < 1.29 is 33.9 Å². The lowest BCUT2D eigenvalue weighted by Gasteiger charge is -2.42. The van der Waals surface area contributed by atoms with E-state index in [1.165, 1.54) is 12.0 Å². The fourth-order valence-electron chi connectivity index (χ4n) is 5.01. The van der Waals surface area contributed by atoms with Gasteiger partial charge in [0.1, 0.15) is 17.7 Å². The van der Waals surface area contributed by atoms with E-state index in [-0.39, 0.29) is 24.6 Å². The normalized spacial score (nSPS) is 19.3. The van der Waals surface area contributed by atoms with Crippen molar-refractivity contribution in [1.82, 2.24) is 20.0 Å². The smallest absolute Gasteiger partial charge is 0.453 e. The second kappa shape index (κ2) is 14.2. The lowest BCUT2D eigenvalue weighted by molar-refractivity contribution is -0.129. The zero-order valence-electron chi connectivity index (χ0n) is 23.3. The van der Waals surface area contributed by atoms with Crippen molar-refractivity contribution in [3.8, 4) is 6.07 Å². The molecule has 3 amide bonds.